The van der Waals surface area contributed by atoms with Gasteiger partial charge in [0, 0.05) is 20.2 Å². The lowest BCUT2D eigenvalue weighted by Gasteiger charge is -2.23. The molecule has 0 rings (SSSR count). The Labute approximate surface area is 114 Å². The number of nitrogens with zero attached hydrogens (tertiary/aromatic N) is 1. The Morgan fingerprint density at radius 2 is 1.83 bits per heavy atom. The van der Waals surface area contributed by atoms with Crippen LogP contribution in [0.4, 0.5) is 0 Å². The highest BCUT2D eigenvalue weighted by Crippen LogP contribution is 2.03. The van der Waals surface area contributed by atoms with Crippen LogP contribution in [0, 0.1) is 5.92 Å². The molecule has 0 saturated carbocycles. The van der Waals surface area contributed by atoms with E-state index in [4.69, 9.17) is 4.74 Å². The summed E-state index contributed by atoms with van der Waals surface area (Å²) in [4.78, 5) is 2.54. The van der Waals surface area contributed by atoms with Gasteiger partial charge in [0.05, 0.1) is 6.61 Å². The molecule has 3 nitrogen and oxygen atoms in total. The normalized spacial score (nSPS) is 11.7. The van der Waals surface area contributed by atoms with Gasteiger partial charge in [-0.3, -0.25) is 0 Å². The van der Waals surface area contributed by atoms with Crippen molar-refractivity contribution in [1.29, 1.82) is 0 Å². The molecular formula is C15H34N2O. The van der Waals surface area contributed by atoms with Gasteiger partial charge in [0.25, 0.3) is 0 Å². The zero-order valence-electron chi connectivity index (χ0n) is 13.0. The van der Waals surface area contributed by atoms with E-state index in [-0.39, 0.29) is 0 Å². The molecule has 0 radical (unpaired) electrons. The molecule has 0 aliphatic rings. The molecule has 18 heavy (non-hydrogen) atoms. The van der Waals surface area contributed by atoms with E-state index in [1.807, 2.05) is 0 Å². The molecule has 0 aliphatic carbocycles. The van der Waals surface area contributed by atoms with Crippen LogP contribution in [0.2, 0.25) is 0 Å². The second-order valence-electron chi connectivity index (χ2n) is 5.50. The molecule has 110 valence electrons. The third-order valence-corrected chi connectivity index (χ3v) is 2.99. The van der Waals surface area contributed by atoms with Gasteiger partial charge in [-0.25, -0.2) is 0 Å². The molecule has 0 fully saturated rings. The number of hydrogen-bond donors (Lipinski definition) is 1. The molecule has 0 saturated heterocycles. The summed E-state index contributed by atoms with van der Waals surface area (Å²) in [5, 5.41) is 3.46. The van der Waals surface area contributed by atoms with Crippen molar-refractivity contribution in [2.45, 2.75) is 46.5 Å². The highest BCUT2D eigenvalue weighted by atomic mass is 16.5. The first kappa shape index (κ1) is 17.9. The number of rotatable bonds is 13. The summed E-state index contributed by atoms with van der Waals surface area (Å²) in [5.41, 5.74) is 0. The molecule has 0 spiro atoms. The monoisotopic (exact) mass is 258 g/mol. The Morgan fingerprint density at radius 3 is 2.44 bits per heavy atom. The molecule has 1 N–H and O–H groups in total. The van der Waals surface area contributed by atoms with Crippen LogP contribution in [0.5, 0.6) is 0 Å². The summed E-state index contributed by atoms with van der Waals surface area (Å²) in [6.45, 7) is 13.5. The largest absolute Gasteiger partial charge is 0.383 e. The zero-order chi connectivity index (χ0) is 13.6. The number of ether oxygens (including phenoxy) is 1. The molecule has 0 bridgehead atoms. The van der Waals surface area contributed by atoms with Crippen LogP contribution < -0.4 is 5.32 Å². The SMILES string of the molecule is CCCNCCCCCN(CCOC)CC(C)C. The van der Waals surface area contributed by atoms with Crippen molar-refractivity contribution >= 4 is 0 Å². The van der Waals surface area contributed by atoms with Crippen molar-refractivity contribution < 1.29 is 4.74 Å². The average molecular weight is 258 g/mol. The van der Waals surface area contributed by atoms with Crippen LogP contribution in [0.25, 0.3) is 0 Å². The third kappa shape index (κ3) is 12.3. The smallest absolute Gasteiger partial charge is 0.0589 e. The van der Waals surface area contributed by atoms with Crippen molar-refractivity contribution in [2.24, 2.45) is 5.92 Å². The third-order valence-electron chi connectivity index (χ3n) is 2.99. The molecule has 0 heterocycles. The van der Waals surface area contributed by atoms with Gasteiger partial charge < -0.3 is 15.0 Å². The van der Waals surface area contributed by atoms with Crippen molar-refractivity contribution in [3.05, 3.63) is 0 Å². The predicted octanol–water partition coefficient (Wildman–Crippen LogP) is 2.76. The first-order valence-electron chi connectivity index (χ1n) is 7.62. The lowest BCUT2D eigenvalue weighted by atomic mass is 10.2. The molecule has 0 unspecified atom stereocenters. The Morgan fingerprint density at radius 1 is 1.06 bits per heavy atom. The number of unbranched alkanes of at least 4 members (excludes halogenated alkanes) is 2. The minimum Gasteiger partial charge on any atom is -0.383 e. The van der Waals surface area contributed by atoms with Gasteiger partial charge in [-0.15, -0.1) is 0 Å². The van der Waals surface area contributed by atoms with Crippen molar-refractivity contribution in [2.75, 3.05) is 46.4 Å². The lowest BCUT2D eigenvalue weighted by Crippen LogP contribution is -2.32. The van der Waals surface area contributed by atoms with Gasteiger partial charge in [-0.1, -0.05) is 27.2 Å². The summed E-state index contributed by atoms with van der Waals surface area (Å²) < 4.78 is 5.17. The van der Waals surface area contributed by atoms with Crippen LogP contribution in [0.3, 0.4) is 0 Å². The van der Waals surface area contributed by atoms with Crippen molar-refractivity contribution in [1.82, 2.24) is 10.2 Å². The summed E-state index contributed by atoms with van der Waals surface area (Å²) in [5.74, 6) is 0.744. The van der Waals surface area contributed by atoms with Gasteiger partial charge in [0.2, 0.25) is 0 Å². The molecule has 0 atom stereocenters. The maximum atomic E-state index is 5.17. The molecule has 3 heteroatoms. The summed E-state index contributed by atoms with van der Waals surface area (Å²) in [6.07, 6.45) is 5.18. The molecule has 0 aromatic rings. The van der Waals surface area contributed by atoms with Gasteiger partial charge in [-0.2, -0.15) is 0 Å². The van der Waals surface area contributed by atoms with Gasteiger partial charge in [0.1, 0.15) is 0 Å². The topological polar surface area (TPSA) is 24.5 Å². The van der Waals surface area contributed by atoms with Crippen LogP contribution in [-0.4, -0.2) is 51.3 Å². The van der Waals surface area contributed by atoms with Crippen LogP contribution in [0.15, 0.2) is 0 Å². The number of nitrogens with one attached hydrogen (secondary N) is 1. The second kappa shape index (κ2) is 13.3. The van der Waals surface area contributed by atoms with Crippen LogP contribution >= 0.6 is 0 Å². The van der Waals surface area contributed by atoms with E-state index in [1.54, 1.807) is 7.11 Å². The lowest BCUT2D eigenvalue weighted by molar-refractivity contribution is 0.138. The van der Waals surface area contributed by atoms with Crippen LogP contribution in [0.1, 0.15) is 46.5 Å². The fraction of sp³-hybridized carbons (Fsp3) is 1.00. The Bertz CT molecular complexity index is 163. The summed E-state index contributed by atoms with van der Waals surface area (Å²) >= 11 is 0. The van der Waals surface area contributed by atoms with E-state index < -0.39 is 0 Å². The highest BCUT2D eigenvalue weighted by Gasteiger charge is 2.06. The fourth-order valence-corrected chi connectivity index (χ4v) is 2.10. The quantitative estimate of drug-likeness (QED) is 0.514. The molecule has 0 amide bonds. The summed E-state index contributed by atoms with van der Waals surface area (Å²) in [7, 11) is 1.78. The van der Waals surface area contributed by atoms with Crippen molar-refractivity contribution in [3.8, 4) is 0 Å². The number of hydrogen-bond acceptors (Lipinski definition) is 3. The maximum absolute atomic E-state index is 5.17. The van der Waals surface area contributed by atoms with E-state index >= 15 is 0 Å². The molecule has 0 aromatic heterocycles. The highest BCUT2D eigenvalue weighted by molar-refractivity contribution is 4.60. The Kier molecular flexibility index (Phi) is 13.2. The average Bonchev–Trinajstić information content (AvgIpc) is 2.34. The maximum Gasteiger partial charge on any atom is 0.0589 e. The minimum atomic E-state index is 0.744. The Hall–Kier alpha value is -0.120. The second-order valence-corrected chi connectivity index (χ2v) is 5.50. The van der Waals surface area contributed by atoms with Gasteiger partial charge in [0.15, 0.2) is 0 Å². The van der Waals surface area contributed by atoms with Gasteiger partial charge in [-0.05, 0) is 44.8 Å². The van der Waals surface area contributed by atoms with E-state index in [2.05, 4.69) is 31.0 Å². The Balaban J connectivity index is 3.49. The number of methoxy groups -OCH3 is 1. The fourth-order valence-electron chi connectivity index (χ4n) is 2.10. The van der Waals surface area contributed by atoms with Crippen LogP contribution in [-0.2, 0) is 4.74 Å². The molecular weight excluding hydrogens is 224 g/mol. The predicted molar refractivity (Wildman–Crippen MR) is 80.2 cm³/mol. The first-order chi connectivity index (χ1) is 8.70. The zero-order valence-corrected chi connectivity index (χ0v) is 13.0. The van der Waals surface area contributed by atoms with E-state index in [0.717, 1.165) is 25.6 Å². The van der Waals surface area contributed by atoms with Gasteiger partial charge >= 0.3 is 0 Å². The van der Waals surface area contributed by atoms with E-state index in [0.29, 0.717) is 0 Å². The van der Waals surface area contributed by atoms with E-state index in [9.17, 15) is 0 Å². The van der Waals surface area contributed by atoms with E-state index in [1.165, 1.54) is 45.3 Å². The summed E-state index contributed by atoms with van der Waals surface area (Å²) in [6, 6.07) is 0. The molecule has 0 aliphatic heterocycles. The van der Waals surface area contributed by atoms with Crippen molar-refractivity contribution in [3.63, 3.8) is 0 Å². The standard InChI is InChI=1S/C15H34N2O/c1-5-9-16-10-7-6-8-11-17(12-13-18-4)14-15(2)3/h15-16H,5-14H2,1-4H3. The minimum absolute atomic E-state index is 0.744. The molecule has 0 aromatic carbocycles. The first-order valence-corrected chi connectivity index (χ1v) is 7.62.